The van der Waals surface area contributed by atoms with E-state index >= 15 is 0 Å². The van der Waals surface area contributed by atoms with Gasteiger partial charge in [0.05, 0.1) is 12.7 Å². The number of methoxy groups -OCH3 is 1. The summed E-state index contributed by atoms with van der Waals surface area (Å²) in [4.78, 5) is 14.3. The van der Waals surface area contributed by atoms with Gasteiger partial charge in [0.25, 0.3) is 0 Å². The first-order valence-corrected chi connectivity index (χ1v) is 9.68. The second kappa shape index (κ2) is 11.3. The molecule has 0 aliphatic heterocycles. The van der Waals surface area contributed by atoms with Crippen molar-refractivity contribution < 1.29 is 14.3 Å². The average molecular weight is 402 g/mol. The number of esters is 1. The molecule has 0 aliphatic rings. The SMILES string of the molecule is CCN(CC)CCOC(=O)c1ccc(NC(=S)Nc2ccc(OC)cc2)cc1. The standard InChI is InChI=1S/C21H27N3O3S/c1-4-24(5-2)14-15-27-20(25)16-6-8-17(9-7-16)22-21(28)23-18-10-12-19(26-3)13-11-18/h6-13H,4-5,14-15H2,1-3H3,(H2,22,23,28). The molecular formula is C21H27N3O3S. The molecule has 0 bridgehead atoms. The van der Waals surface area contributed by atoms with Gasteiger partial charge in [-0.3, -0.25) is 0 Å². The second-order valence-electron chi connectivity index (χ2n) is 6.05. The van der Waals surface area contributed by atoms with Crippen LogP contribution in [0.25, 0.3) is 0 Å². The molecule has 150 valence electrons. The monoisotopic (exact) mass is 401 g/mol. The van der Waals surface area contributed by atoms with E-state index in [9.17, 15) is 4.79 Å². The van der Waals surface area contributed by atoms with Gasteiger partial charge in [0.2, 0.25) is 0 Å². The van der Waals surface area contributed by atoms with Crippen LogP contribution in [0, 0.1) is 0 Å². The summed E-state index contributed by atoms with van der Waals surface area (Å²) in [5.41, 5.74) is 2.15. The molecule has 2 N–H and O–H groups in total. The average Bonchev–Trinajstić information content (AvgIpc) is 2.72. The molecule has 0 amide bonds. The summed E-state index contributed by atoms with van der Waals surface area (Å²) in [6, 6.07) is 14.5. The Bertz CT molecular complexity index is 759. The molecule has 0 heterocycles. The number of thiocarbonyl (C=S) groups is 1. The van der Waals surface area contributed by atoms with Crippen LogP contribution in [-0.4, -0.2) is 49.3 Å². The Kier molecular flexibility index (Phi) is 8.71. The molecule has 0 aromatic heterocycles. The zero-order valence-corrected chi connectivity index (χ0v) is 17.3. The number of likely N-dealkylation sites (N-methyl/N-ethyl adjacent to an activating group) is 1. The summed E-state index contributed by atoms with van der Waals surface area (Å²) < 4.78 is 10.5. The third-order valence-electron chi connectivity index (χ3n) is 4.26. The van der Waals surface area contributed by atoms with E-state index in [1.54, 1.807) is 31.4 Å². The number of nitrogens with one attached hydrogen (secondary N) is 2. The summed E-state index contributed by atoms with van der Waals surface area (Å²) in [6.45, 7) is 7.19. The van der Waals surface area contributed by atoms with Gasteiger partial charge in [-0.05, 0) is 73.8 Å². The topological polar surface area (TPSA) is 62.8 Å². The first kappa shape index (κ1) is 21.7. The number of carbonyl (C=O) groups is 1. The van der Waals surface area contributed by atoms with E-state index in [4.69, 9.17) is 21.7 Å². The van der Waals surface area contributed by atoms with Gasteiger partial charge in [-0.25, -0.2) is 4.79 Å². The van der Waals surface area contributed by atoms with Crippen LogP contribution in [0.5, 0.6) is 5.75 Å². The van der Waals surface area contributed by atoms with Crippen LogP contribution in [0.1, 0.15) is 24.2 Å². The highest BCUT2D eigenvalue weighted by Gasteiger charge is 2.08. The Labute approximate surface area is 171 Å². The molecule has 28 heavy (non-hydrogen) atoms. The summed E-state index contributed by atoms with van der Waals surface area (Å²) in [6.07, 6.45) is 0. The molecule has 0 unspecified atom stereocenters. The van der Waals surface area contributed by atoms with Crippen LogP contribution in [0.2, 0.25) is 0 Å². The van der Waals surface area contributed by atoms with Gasteiger partial charge in [0, 0.05) is 17.9 Å². The highest BCUT2D eigenvalue weighted by Crippen LogP contribution is 2.16. The minimum Gasteiger partial charge on any atom is -0.497 e. The van der Waals surface area contributed by atoms with Gasteiger partial charge in [0.15, 0.2) is 5.11 Å². The Morgan fingerprint density at radius 2 is 1.50 bits per heavy atom. The smallest absolute Gasteiger partial charge is 0.338 e. The largest absolute Gasteiger partial charge is 0.497 e. The number of nitrogens with zero attached hydrogens (tertiary/aromatic N) is 1. The summed E-state index contributed by atoms with van der Waals surface area (Å²) in [5, 5.41) is 6.64. The summed E-state index contributed by atoms with van der Waals surface area (Å²) in [5.74, 6) is 0.460. The molecule has 0 spiro atoms. The van der Waals surface area contributed by atoms with Crippen molar-refractivity contribution in [3.63, 3.8) is 0 Å². The lowest BCUT2D eigenvalue weighted by atomic mass is 10.2. The van der Waals surface area contributed by atoms with Crippen molar-refractivity contribution in [1.82, 2.24) is 4.90 Å². The van der Waals surface area contributed by atoms with Crippen molar-refractivity contribution in [3.05, 3.63) is 54.1 Å². The van der Waals surface area contributed by atoms with E-state index in [1.165, 1.54) is 0 Å². The van der Waals surface area contributed by atoms with Crippen LogP contribution >= 0.6 is 12.2 Å². The number of anilines is 2. The summed E-state index contributed by atoms with van der Waals surface area (Å²) >= 11 is 5.32. The zero-order valence-electron chi connectivity index (χ0n) is 16.5. The fourth-order valence-electron chi connectivity index (χ4n) is 2.55. The van der Waals surface area contributed by atoms with E-state index in [1.807, 2.05) is 24.3 Å². The van der Waals surface area contributed by atoms with Crippen molar-refractivity contribution >= 4 is 34.7 Å². The molecule has 2 aromatic rings. The zero-order chi connectivity index (χ0) is 20.4. The van der Waals surface area contributed by atoms with Gasteiger partial charge < -0.3 is 25.0 Å². The van der Waals surface area contributed by atoms with Crippen LogP contribution in [0.4, 0.5) is 11.4 Å². The lowest BCUT2D eigenvalue weighted by molar-refractivity contribution is 0.0466. The van der Waals surface area contributed by atoms with Gasteiger partial charge in [-0.15, -0.1) is 0 Å². The van der Waals surface area contributed by atoms with E-state index in [2.05, 4.69) is 29.4 Å². The first-order valence-electron chi connectivity index (χ1n) is 9.27. The third-order valence-corrected chi connectivity index (χ3v) is 4.47. The Morgan fingerprint density at radius 3 is 2.00 bits per heavy atom. The molecule has 2 aromatic carbocycles. The molecule has 0 saturated heterocycles. The maximum Gasteiger partial charge on any atom is 0.338 e. The van der Waals surface area contributed by atoms with Gasteiger partial charge >= 0.3 is 5.97 Å². The predicted molar refractivity (Wildman–Crippen MR) is 117 cm³/mol. The van der Waals surface area contributed by atoms with Crippen molar-refractivity contribution in [2.75, 3.05) is 44.0 Å². The molecule has 2 rings (SSSR count). The van der Waals surface area contributed by atoms with Gasteiger partial charge in [-0.2, -0.15) is 0 Å². The van der Waals surface area contributed by atoms with Crippen LogP contribution in [0.3, 0.4) is 0 Å². The number of rotatable bonds is 9. The lowest BCUT2D eigenvalue weighted by Gasteiger charge is -2.17. The van der Waals surface area contributed by atoms with E-state index < -0.39 is 0 Å². The van der Waals surface area contributed by atoms with Gasteiger partial charge in [0.1, 0.15) is 12.4 Å². The second-order valence-corrected chi connectivity index (χ2v) is 6.46. The third kappa shape index (κ3) is 6.83. The molecule has 0 fully saturated rings. The lowest BCUT2D eigenvalue weighted by Crippen LogP contribution is -2.27. The van der Waals surface area contributed by atoms with Crippen molar-refractivity contribution in [3.8, 4) is 5.75 Å². The normalized spacial score (nSPS) is 10.4. The Hall–Kier alpha value is -2.64. The minimum absolute atomic E-state index is 0.322. The number of benzene rings is 2. The molecule has 0 saturated carbocycles. The molecule has 0 radical (unpaired) electrons. The maximum absolute atomic E-state index is 12.1. The van der Waals surface area contributed by atoms with E-state index in [0.29, 0.717) is 17.3 Å². The highest BCUT2D eigenvalue weighted by molar-refractivity contribution is 7.80. The number of hydrogen-bond donors (Lipinski definition) is 2. The minimum atomic E-state index is -0.322. The molecule has 0 aliphatic carbocycles. The Morgan fingerprint density at radius 1 is 0.964 bits per heavy atom. The fourth-order valence-corrected chi connectivity index (χ4v) is 2.78. The number of hydrogen-bond acceptors (Lipinski definition) is 5. The van der Waals surface area contributed by atoms with Crippen molar-refractivity contribution in [2.24, 2.45) is 0 Å². The fraction of sp³-hybridized carbons (Fsp3) is 0.333. The number of carbonyl (C=O) groups excluding carboxylic acids is 1. The van der Waals surface area contributed by atoms with Crippen molar-refractivity contribution in [2.45, 2.75) is 13.8 Å². The highest BCUT2D eigenvalue weighted by atomic mass is 32.1. The maximum atomic E-state index is 12.1. The molecule has 7 heteroatoms. The summed E-state index contributed by atoms with van der Waals surface area (Å²) in [7, 11) is 1.62. The van der Waals surface area contributed by atoms with Crippen LogP contribution < -0.4 is 15.4 Å². The van der Waals surface area contributed by atoms with Crippen molar-refractivity contribution in [1.29, 1.82) is 0 Å². The molecular weight excluding hydrogens is 374 g/mol. The van der Waals surface area contributed by atoms with Crippen LogP contribution in [-0.2, 0) is 4.74 Å². The van der Waals surface area contributed by atoms with Crippen LogP contribution in [0.15, 0.2) is 48.5 Å². The first-order chi connectivity index (χ1) is 13.5. The van der Waals surface area contributed by atoms with E-state index in [0.717, 1.165) is 36.8 Å². The molecule has 0 atom stereocenters. The Balaban J connectivity index is 1.82. The van der Waals surface area contributed by atoms with Gasteiger partial charge in [-0.1, -0.05) is 13.8 Å². The predicted octanol–water partition coefficient (Wildman–Crippen LogP) is 4.00. The van der Waals surface area contributed by atoms with E-state index in [-0.39, 0.29) is 5.97 Å². The molecule has 6 nitrogen and oxygen atoms in total. The quantitative estimate of drug-likeness (QED) is 0.486. The number of ether oxygens (including phenoxy) is 2.